The maximum atomic E-state index is 6.08. The normalized spacial score (nSPS) is 11.8. The quantitative estimate of drug-likeness (QED) is 0.274. The first-order chi connectivity index (χ1) is 13.8. The summed E-state index contributed by atoms with van der Waals surface area (Å²) in [6.07, 6.45) is 9.86. The van der Waals surface area contributed by atoms with Crippen molar-refractivity contribution < 1.29 is 8.83 Å². The summed E-state index contributed by atoms with van der Waals surface area (Å²) in [5.41, 5.74) is 3.41. The molecule has 0 saturated carbocycles. The molecule has 4 nitrogen and oxygen atoms in total. The molecule has 0 aliphatic carbocycles. The molecular formula is C24H28N2O2. The van der Waals surface area contributed by atoms with Gasteiger partial charge in [-0.2, -0.15) is 0 Å². The fourth-order valence-corrected chi connectivity index (χ4v) is 3.74. The molecule has 2 aromatic carbocycles. The number of hydrogen-bond donors (Lipinski definition) is 0. The molecule has 0 aliphatic rings. The van der Waals surface area contributed by atoms with E-state index in [9.17, 15) is 0 Å². The van der Waals surface area contributed by atoms with Crippen molar-refractivity contribution in [2.45, 2.75) is 64.2 Å². The molecule has 0 N–H and O–H groups in total. The van der Waals surface area contributed by atoms with Crippen LogP contribution in [-0.4, -0.2) is 9.97 Å². The molecule has 0 radical (unpaired) electrons. The molecule has 0 atom stereocenters. The molecule has 0 fully saturated rings. The predicted octanol–water partition coefficient (Wildman–Crippen LogP) is 7.24. The minimum absolute atomic E-state index is 0.0459. The second-order valence-electron chi connectivity index (χ2n) is 7.50. The summed E-state index contributed by atoms with van der Waals surface area (Å²) in [5, 5.41) is 0. The van der Waals surface area contributed by atoms with E-state index in [4.69, 9.17) is 18.8 Å². The smallest absolute Gasteiger partial charge is 0.207 e. The van der Waals surface area contributed by atoms with Crippen LogP contribution in [-0.2, 0) is 0 Å². The van der Waals surface area contributed by atoms with Crippen molar-refractivity contribution in [3.63, 3.8) is 0 Å². The van der Waals surface area contributed by atoms with E-state index in [1.165, 1.54) is 38.5 Å². The van der Waals surface area contributed by atoms with Crippen molar-refractivity contribution in [2.24, 2.45) is 0 Å². The molecule has 0 aliphatic heterocycles. The molecule has 28 heavy (non-hydrogen) atoms. The van der Waals surface area contributed by atoms with E-state index < -0.39 is 0 Å². The van der Waals surface area contributed by atoms with Gasteiger partial charge in [-0.1, -0.05) is 76.1 Å². The number of benzene rings is 2. The monoisotopic (exact) mass is 376 g/mol. The Bertz CT molecular complexity index is 877. The van der Waals surface area contributed by atoms with Gasteiger partial charge in [0.25, 0.3) is 0 Å². The highest BCUT2D eigenvalue weighted by Crippen LogP contribution is 2.33. The van der Waals surface area contributed by atoms with Gasteiger partial charge in [-0.3, -0.25) is 0 Å². The van der Waals surface area contributed by atoms with Crippen LogP contribution in [0.15, 0.2) is 57.4 Å². The highest BCUT2D eigenvalue weighted by molar-refractivity contribution is 5.73. The number of fused-ring (bicyclic) bond motifs is 2. The first kappa shape index (κ1) is 18.7. The van der Waals surface area contributed by atoms with Crippen molar-refractivity contribution >= 4 is 22.2 Å². The number of unbranched alkanes of at least 4 members (excludes halogenated alkanes) is 6. The average Bonchev–Trinajstić information content (AvgIpc) is 3.33. The zero-order valence-corrected chi connectivity index (χ0v) is 16.6. The van der Waals surface area contributed by atoms with Crippen LogP contribution in [0.1, 0.15) is 76.0 Å². The number of nitrogens with zero attached hydrogens (tertiary/aromatic N) is 2. The first-order valence-electron chi connectivity index (χ1n) is 10.6. The molecule has 0 spiro atoms. The van der Waals surface area contributed by atoms with Crippen LogP contribution in [0.5, 0.6) is 0 Å². The topological polar surface area (TPSA) is 52.1 Å². The third kappa shape index (κ3) is 4.27. The lowest BCUT2D eigenvalue weighted by molar-refractivity contribution is 0.406. The standard InChI is InChI=1S/C24H28N2O2/c1-2-3-4-5-6-7-8-13-18(23-25-19-14-9-11-16-21(19)27-23)24-26-20-15-10-12-17-22(20)28-24/h9-12,14-18H,2-8,13H2,1H3. The maximum Gasteiger partial charge on any atom is 0.207 e. The first-order valence-corrected chi connectivity index (χ1v) is 10.6. The Balaban J connectivity index is 1.52. The summed E-state index contributed by atoms with van der Waals surface area (Å²) >= 11 is 0. The minimum Gasteiger partial charge on any atom is -0.440 e. The molecule has 4 aromatic rings. The van der Waals surface area contributed by atoms with Gasteiger partial charge in [0.2, 0.25) is 11.8 Å². The summed E-state index contributed by atoms with van der Waals surface area (Å²) in [7, 11) is 0. The van der Waals surface area contributed by atoms with Gasteiger partial charge in [-0.05, 0) is 30.7 Å². The molecular weight excluding hydrogens is 348 g/mol. The Hall–Kier alpha value is -2.62. The van der Waals surface area contributed by atoms with Gasteiger partial charge in [0, 0.05) is 0 Å². The molecule has 0 saturated heterocycles. The van der Waals surface area contributed by atoms with E-state index in [0.717, 1.165) is 35.0 Å². The van der Waals surface area contributed by atoms with Crippen molar-refractivity contribution in [3.05, 3.63) is 60.3 Å². The SMILES string of the molecule is CCCCCCCCCC(c1nc2ccccc2o1)c1nc2ccccc2o1. The number of aromatic nitrogens is 2. The van der Waals surface area contributed by atoms with E-state index in [1.54, 1.807) is 0 Å². The predicted molar refractivity (Wildman–Crippen MR) is 112 cm³/mol. The van der Waals surface area contributed by atoms with Crippen molar-refractivity contribution in [2.75, 3.05) is 0 Å². The zero-order chi connectivity index (χ0) is 19.2. The minimum atomic E-state index is -0.0459. The summed E-state index contributed by atoms with van der Waals surface area (Å²) in [6, 6.07) is 15.8. The molecule has 146 valence electrons. The molecule has 2 aromatic heterocycles. The second-order valence-corrected chi connectivity index (χ2v) is 7.50. The third-order valence-electron chi connectivity index (χ3n) is 5.31. The van der Waals surface area contributed by atoms with E-state index in [2.05, 4.69) is 6.92 Å². The number of para-hydroxylation sites is 4. The average molecular weight is 377 g/mol. The molecule has 0 unspecified atom stereocenters. The van der Waals surface area contributed by atoms with E-state index in [1.807, 2.05) is 48.5 Å². The van der Waals surface area contributed by atoms with Gasteiger partial charge in [0.1, 0.15) is 17.0 Å². The lowest BCUT2D eigenvalue weighted by atomic mass is 9.99. The number of oxazole rings is 2. The molecule has 0 bridgehead atoms. The van der Waals surface area contributed by atoms with Gasteiger partial charge in [0.05, 0.1) is 0 Å². The summed E-state index contributed by atoms with van der Waals surface area (Å²) in [4.78, 5) is 9.46. The fourth-order valence-electron chi connectivity index (χ4n) is 3.74. The van der Waals surface area contributed by atoms with E-state index in [0.29, 0.717) is 11.8 Å². The lowest BCUT2D eigenvalue weighted by Gasteiger charge is -2.09. The highest BCUT2D eigenvalue weighted by Gasteiger charge is 2.25. The van der Waals surface area contributed by atoms with Crippen LogP contribution in [0.4, 0.5) is 0 Å². The number of rotatable bonds is 10. The van der Waals surface area contributed by atoms with E-state index >= 15 is 0 Å². The molecule has 0 amide bonds. The van der Waals surface area contributed by atoms with E-state index in [-0.39, 0.29) is 5.92 Å². The van der Waals surface area contributed by atoms with Gasteiger partial charge >= 0.3 is 0 Å². The summed E-state index contributed by atoms with van der Waals surface area (Å²) < 4.78 is 12.2. The zero-order valence-electron chi connectivity index (χ0n) is 16.6. The van der Waals surface area contributed by atoms with Crippen LogP contribution in [0, 0.1) is 0 Å². The number of hydrogen-bond acceptors (Lipinski definition) is 4. The van der Waals surface area contributed by atoms with Crippen LogP contribution in [0.3, 0.4) is 0 Å². The second kappa shape index (κ2) is 9.05. The van der Waals surface area contributed by atoms with Crippen LogP contribution in [0.2, 0.25) is 0 Å². The fraction of sp³-hybridized carbons (Fsp3) is 0.417. The lowest BCUT2D eigenvalue weighted by Crippen LogP contribution is -2.02. The molecule has 4 heteroatoms. The van der Waals surface area contributed by atoms with Gasteiger partial charge < -0.3 is 8.83 Å². The Morgan fingerprint density at radius 1 is 0.679 bits per heavy atom. The summed E-state index contributed by atoms with van der Waals surface area (Å²) in [6.45, 7) is 2.26. The van der Waals surface area contributed by atoms with Gasteiger partial charge in [-0.25, -0.2) is 9.97 Å². The third-order valence-corrected chi connectivity index (χ3v) is 5.31. The maximum absolute atomic E-state index is 6.08. The molecule has 2 heterocycles. The Labute approximate surface area is 166 Å². The molecule has 4 rings (SSSR count). The van der Waals surface area contributed by atoms with Crippen LogP contribution < -0.4 is 0 Å². The highest BCUT2D eigenvalue weighted by atomic mass is 16.4. The van der Waals surface area contributed by atoms with Crippen LogP contribution >= 0.6 is 0 Å². The Kier molecular flexibility index (Phi) is 6.05. The Morgan fingerprint density at radius 2 is 1.18 bits per heavy atom. The van der Waals surface area contributed by atoms with Crippen molar-refractivity contribution in [1.82, 2.24) is 9.97 Å². The summed E-state index contributed by atoms with van der Waals surface area (Å²) in [5.74, 6) is 1.37. The van der Waals surface area contributed by atoms with Gasteiger partial charge in [0.15, 0.2) is 11.2 Å². The largest absolute Gasteiger partial charge is 0.440 e. The van der Waals surface area contributed by atoms with Crippen LogP contribution in [0.25, 0.3) is 22.2 Å². The van der Waals surface area contributed by atoms with Gasteiger partial charge in [-0.15, -0.1) is 0 Å². The Morgan fingerprint density at radius 3 is 1.71 bits per heavy atom. The van der Waals surface area contributed by atoms with Crippen molar-refractivity contribution in [3.8, 4) is 0 Å². The van der Waals surface area contributed by atoms with Crippen molar-refractivity contribution in [1.29, 1.82) is 0 Å².